The first-order chi connectivity index (χ1) is 2.89. The van der Waals surface area contributed by atoms with E-state index in [2.05, 4.69) is 12.2 Å². The zero-order chi connectivity index (χ0) is 4.41. The molecule has 0 bridgehead atoms. The molecule has 0 spiro atoms. The van der Waals surface area contributed by atoms with Crippen LogP contribution in [-0.4, -0.2) is 19.4 Å². The van der Waals surface area contributed by atoms with Crippen molar-refractivity contribution < 1.29 is 4.74 Å². The van der Waals surface area contributed by atoms with Crippen molar-refractivity contribution in [2.24, 2.45) is 0 Å². The van der Waals surface area contributed by atoms with Gasteiger partial charge in [-0.05, 0) is 6.92 Å². The van der Waals surface area contributed by atoms with E-state index in [9.17, 15) is 0 Å². The van der Waals surface area contributed by atoms with Crippen LogP contribution in [0.1, 0.15) is 6.92 Å². The zero-order valence-electron chi connectivity index (χ0n) is 3.90. The summed E-state index contributed by atoms with van der Waals surface area (Å²) in [6.45, 7) is 3.81. The molecule has 2 nitrogen and oxygen atoms in total. The van der Waals surface area contributed by atoms with Crippen LogP contribution in [0.4, 0.5) is 0 Å². The van der Waals surface area contributed by atoms with Crippen LogP contribution in [0.3, 0.4) is 0 Å². The van der Waals surface area contributed by atoms with Crippen LogP contribution in [0.25, 0.3) is 0 Å². The van der Waals surface area contributed by atoms with Gasteiger partial charge in [-0.25, -0.2) is 0 Å². The summed E-state index contributed by atoms with van der Waals surface area (Å²) in [7, 11) is 0. The molecule has 1 fully saturated rings. The van der Waals surface area contributed by atoms with Gasteiger partial charge in [-0.2, -0.15) is 0 Å². The maximum Gasteiger partial charge on any atom is 0.0970 e. The number of nitrogens with one attached hydrogen (secondary N) is 1. The maximum absolute atomic E-state index is 5.04. The van der Waals surface area contributed by atoms with Crippen LogP contribution in [-0.2, 0) is 4.74 Å². The minimum Gasteiger partial charge on any atom is -0.362 e. The highest BCUT2D eigenvalue weighted by Gasteiger charge is 2.05. The van der Waals surface area contributed by atoms with Crippen molar-refractivity contribution >= 4 is 0 Å². The molecule has 0 amide bonds. The quantitative estimate of drug-likeness (QED) is 0.447. The molecule has 0 aliphatic carbocycles. The second-order valence-corrected chi connectivity index (χ2v) is 1.58. The second-order valence-electron chi connectivity index (χ2n) is 1.58. The fraction of sp³-hybridized carbons (Fsp3) is 1.00. The number of rotatable bonds is 0. The molecule has 0 radical (unpaired) electrons. The predicted octanol–water partition coefficient (Wildman–Crippen LogP) is -0.0478. The third kappa shape index (κ3) is 0.698. The van der Waals surface area contributed by atoms with Crippen molar-refractivity contribution in [3.8, 4) is 0 Å². The van der Waals surface area contributed by atoms with E-state index in [0.717, 1.165) is 13.3 Å². The average molecular weight is 87.1 g/mol. The summed E-state index contributed by atoms with van der Waals surface area (Å²) in [5.74, 6) is 0. The maximum atomic E-state index is 5.04. The lowest BCUT2D eigenvalue weighted by molar-refractivity contribution is 0.127. The summed E-state index contributed by atoms with van der Waals surface area (Å²) in [5, 5.41) is 3.05. The minimum absolute atomic E-state index is 0.435. The smallest absolute Gasteiger partial charge is 0.0970 e. The van der Waals surface area contributed by atoms with E-state index in [1.807, 2.05) is 0 Å². The van der Waals surface area contributed by atoms with Gasteiger partial charge in [0, 0.05) is 6.54 Å². The standard InChI is InChI=1S/C4H9NO/c1-4-2-5-3-6-4/h4-5H,2-3H2,1H3. The largest absolute Gasteiger partial charge is 0.362 e. The predicted molar refractivity (Wildman–Crippen MR) is 23.4 cm³/mol. The highest BCUT2D eigenvalue weighted by molar-refractivity contribution is 4.57. The Hall–Kier alpha value is -0.0800. The van der Waals surface area contributed by atoms with Gasteiger partial charge < -0.3 is 4.74 Å². The average Bonchev–Trinajstić information content (AvgIpc) is 1.86. The van der Waals surface area contributed by atoms with Gasteiger partial charge in [0.25, 0.3) is 0 Å². The molecular formula is C4H9NO. The second kappa shape index (κ2) is 1.58. The molecule has 0 saturated carbocycles. The van der Waals surface area contributed by atoms with Crippen molar-refractivity contribution in [2.75, 3.05) is 13.3 Å². The summed E-state index contributed by atoms with van der Waals surface area (Å²) in [5.41, 5.74) is 0. The first-order valence-electron chi connectivity index (χ1n) is 2.22. The number of hydrogen-bond acceptors (Lipinski definition) is 2. The van der Waals surface area contributed by atoms with Crippen molar-refractivity contribution in [2.45, 2.75) is 13.0 Å². The Bertz CT molecular complexity index is 40.8. The van der Waals surface area contributed by atoms with Crippen LogP contribution in [0.5, 0.6) is 0 Å². The molecule has 6 heavy (non-hydrogen) atoms. The Labute approximate surface area is 37.5 Å². The summed E-state index contributed by atoms with van der Waals surface area (Å²) in [4.78, 5) is 0. The van der Waals surface area contributed by atoms with Gasteiger partial charge in [-0.1, -0.05) is 0 Å². The van der Waals surface area contributed by atoms with Crippen LogP contribution >= 0.6 is 0 Å². The Morgan fingerprint density at radius 2 is 2.67 bits per heavy atom. The van der Waals surface area contributed by atoms with E-state index in [1.54, 1.807) is 0 Å². The summed E-state index contributed by atoms with van der Waals surface area (Å²) in [6, 6.07) is 0. The van der Waals surface area contributed by atoms with Crippen LogP contribution < -0.4 is 5.32 Å². The SMILES string of the molecule is CC1CNCO1. The van der Waals surface area contributed by atoms with Gasteiger partial charge in [0.1, 0.15) is 0 Å². The molecule has 1 aliphatic rings. The highest BCUT2D eigenvalue weighted by atomic mass is 16.5. The van der Waals surface area contributed by atoms with E-state index in [4.69, 9.17) is 4.74 Å². The molecule has 1 unspecified atom stereocenters. The highest BCUT2D eigenvalue weighted by Crippen LogP contribution is 1.91. The van der Waals surface area contributed by atoms with E-state index in [-0.39, 0.29) is 0 Å². The van der Waals surface area contributed by atoms with Gasteiger partial charge in [-0.3, -0.25) is 5.32 Å². The molecule has 2 heteroatoms. The third-order valence-electron chi connectivity index (χ3n) is 0.902. The number of hydrogen-bond donors (Lipinski definition) is 1. The van der Waals surface area contributed by atoms with Gasteiger partial charge in [0.15, 0.2) is 0 Å². The molecule has 1 N–H and O–H groups in total. The van der Waals surface area contributed by atoms with Crippen molar-refractivity contribution in [3.63, 3.8) is 0 Å². The molecule has 36 valence electrons. The molecule has 0 aromatic rings. The first-order valence-corrected chi connectivity index (χ1v) is 2.22. The van der Waals surface area contributed by atoms with Crippen molar-refractivity contribution in [1.29, 1.82) is 0 Å². The van der Waals surface area contributed by atoms with Gasteiger partial charge in [0.05, 0.1) is 12.8 Å². The molecule has 1 aliphatic heterocycles. The Balaban J connectivity index is 2.18. The molecule has 1 saturated heterocycles. The van der Waals surface area contributed by atoms with Crippen molar-refractivity contribution in [3.05, 3.63) is 0 Å². The van der Waals surface area contributed by atoms with Crippen LogP contribution in [0, 0.1) is 0 Å². The van der Waals surface area contributed by atoms with E-state index >= 15 is 0 Å². The summed E-state index contributed by atoms with van der Waals surface area (Å²) in [6.07, 6.45) is 0.435. The third-order valence-corrected chi connectivity index (χ3v) is 0.902. The lowest BCUT2D eigenvalue weighted by atomic mass is 10.4. The topological polar surface area (TPSA) is 21.3 Å². The Morgan fingerprint density at radius 3 is 2.83 bits per heavy atom. The molecule has 1 heterocycles. The summed E-state index contributed by atoms with van der Waals surface area (Å²) >= 11 is 0. The minimum atomic E-state index is 0.435. The lowest BCUT2D eigenvalue weighted by Gasteiger charge is -1.92. The Morgan fingerprint density at radius 1 is 1.83 bits per heavy atom. The van der Waals surface area contributed by atoms with Gasteiger partial charge in [0.2, 0.25) is 0 Å². The normalized spacial score (nSPS) is 34.5. The zero-order valence-corrected chi connectivity index (χ0v) is 3.90. The number of ether oxygens (including phenoxy) is 1. The van der Waals surface area contributed by atoms with E-state index in [0.29, 0.717) is 6.10 Å². The van der Waals surface area contributed by atoms with Crippen LogP contribution in [0.15, 0.2) is 0 Å². The van der Waals surface area contributed by atoms with Gasteiger partial charge in [-0.15, -0.1) is 0 Å². The molecule has 1 atom stereocenters. The van der Waals surface area contributed by atoms with Crippen LogP contribution in [0.2, 0.25) is 0 Å². The monoisotopic (exact) mass is 87.1 g/mol. The fourth-order valence-corrected chi connectivity index (χ4v) is 0.522. The molecule has 0 aromatic heterocycles. The molecule has 0 aromatic carbocycles. The van der Waals surface area contributed by atoms with E-state index in [1.165, 1.54) is 0 Å². The van der Waals surface area contributed by atoms with Crippen molar-refractivity contribution in [1.82, 2.24) is 5.32 Å². The first kappa shape index (κ1) is 4.09. The fourth-order valence-electron chi connectivity index (χ4n) is 0.522. The summed E-state index contributed by atoms with van der Waals surface area (Å²) < 4.78 is 5.04. The molecular weight excluding hydrogens is 78.0 g/mol. The Kier molecular flexibility index (Phi) is 1.08. The van der Waals surface area contributed by atoms with E-state index < -0.39 is 0 Å². The lowest BCUT2D eigenvalue weighted by Crippen LogP contribution is -2.09. The molecule has 1 rings (SSSR count). The van der Waals surface area contributed by atoms with Gasteiger partial charge >= 0.3 is 0 Å².